The summed E-state index contributed by atoms with van der Waals surface area (Å²) >= 11 is 0. The van der Waals surface area contributed by atoms with E-state index in [1.807, 2.05) is 4.98 Å². The average molecular weight is 398 g/mol. The van der Waals surface area contributed by atoms with Gasteiger partial charge in [-0.3, -0.25) is 14.6 Å². The molecule has 0 saturated carbocycles. The number of benzene rings is 1. The number of carbonyl (C=O) groups is 1. The lowest BCUT2D eigenvalue weighted by atomic mass is 10.0. The molecule has 4 rings (SSSR count). The summed E-state index contributed by atoms with van der Waals surface area (Å²) in [4.78, 5) is 46.3. The molecule has 8 nitrogen and oxygen atoms in total. The van der Waals surface area contributed by atoms with E-state index in [1.54, 1.807) is 23.2 Å². The highest BCUT2D eigenvalue weighted by atomic mass is 19.1. The van der Waals surface area contributed by atoms with Gasteiger partial charge in [-0.1, -0.05) is 12.1 Å². The van der Waals surface area contributed by atoms with Crippen molar-refractivity contribution in [2.45, 2.75) is 31.7 Å². The summed E-state index contributed by atoms with van der Waals surface area (Å²) < 4.78 is 18.9. The number of aromatic nitrogens is 3. The number of carbonyl (C=O) groups excluding carboxylic acids is 1. The molecule has 1 saturated heterocycles. The van der Waals surface area contributed by atoms with Gasteiger partial charge in [0.1, 0.15) is 23.3 Å². The topological polar surface area (TPSA) is 112 Å². The quantitative estimate of drug-likeness (QED) is 0.699. The Kier molecular flexibility index (Phi) is 5.11. The van der Waals surface area contributed by atoms with Gasteiger partial charge in [-0.15, -0.1) is 0 Å². The minimum absolute atomic E-state index is 0.0660. The van der Waals surface area contributed by atoms with E-state index in [-0.39, 0.29) is 17.6 Å². The minimum atomic E-state index is -0.730. The Morgan fingerprint density at radius 2 is 2.00 bits per heavy atom. The molecule has 0 spiro atoms. The third-order valence-corrected chi connectivity index (χ3v) is 4.90. The lowest BCUT2D eigenvalue weighted by Crippen LogP contribution is -2.40. The summed E-state index contributed by atoms with van der Waals surface area (Å²) in [5.74, 6) is 0.258. The van der Waals surface area contributed by atoms with Gasteiger partial charge in [-0.2, -0.15) is 0 Å². The van der Waals surface area contributed by atoms with Crippen LogP contribution in [-0.2, 0) is 6.42 Å². The molecule has 0 aliphatic carbocycles. The van der Waals surface area contributed by atoms with Gasteiger partial charge in [0, 0.05) is 19.0 Å². The third-order valence-electron chi connectivity index (χ3n) is 4.90. The number of halogens is 1. The van der Waals surface area contributed by atoms with Crippen molar-refractivity contribution in [3.8, 4) is 0 Å². The van der Waals surface area contributed by atoms with Crippen molar-refractivity contribution in [2.75, 3.05) is 6.54 Å². The minimum Gasteiger partial charge on any atom is -0.443 e. The number of rotatable bonds is 4. The van der Waals surface area contributed by atoms with Crippen LogP contribution in [0.2, 0.25) is 0 Å². The molecule has 1 aromatic carbocycles. The zero-order valence-electron chi connectivity index (χ0n) is 15.5. The number of nitrogens with one attached hydrogen (secondary N) is 2. The molecule has 150 valence electrons. The van der Waals surface area contributed by atoms with Crippen molar-refractivity contribution in [3.63, 3.8) is 0 Å². The molecule has 2 N–H and O–H groups in total. The third kappa shape index (κ3) is 4.18. The van der Waals surface area contributed by atoms with Crippen LogP contribution < -0.4 is 11.2 Å². The molecule has 1 amide bonds. The predicted octanol–water partition coefficient (Wildman–Crippen LogP) is 2.15. The largest absolute Gasteiger partial charge is 0.443 e. The van der Waals surface area contributed by atoms with Crippen LogP contribution >= 0.6 is 0 Å². The molecule has 1 aliphatic rings. The average Bonchev–Trinajstić information content (AvgIpc) is 3.17. The summed E-state index contributed by atoms with van der Waals surface area (Å²) in [5.41, 5.74) is -0.550. The number of piperidine rings is 1. The fourth-order valence-corrected chi connectivity index (χ4v) is 3.53. The van der Waals surface area contributed by atoms with Gasteiger partial charge >= 0.3 is 5.69 Å². The van der Waals surface area contributed by atoms with E-state index in [9.17, 15) is 18.8 Å². The number of aromatic amines is 2. The summed E-state index contributed by atoms with van der Waals surface area (Å²) in [7, 11) is 0. The van der Waals surface area contributed by atoms with Gasteiger partial charge in [0.2, 0.25) is 5.89 Å². The second-order valence-electron chi connectivity index (χ2n) is 6.98. The first-order valence-electron chi connectivity index (χ1n) is 9.33. The summed E-state index contributed by atoms with van der Waals surface area (Å²) in [6.07, 6.45) is 4.42. The second kappa shape index (κ2) is 7.86. The highest BCUT2D eigenvalue weighted by Crippen LogP contribution is 2.31. The van der Waals surface area contributed by atoms with Crippen molar-refractivity contribution >= 4 is 5.91 Å². The molecule has 3 heterocycles. The number of nitrogens with zero attached hydrogens (tertiary/aromatic N) is 2. The van der Waals surface area contributed by atoms with Crippen molar-refractivity contribution < 1.29 is 13.6 Å². The first-order valence-corrected chi connectivity index (χ1v) is 9.33. The van der Waals surface area contributed by atoms with Crippen molar-refractivity contribution in [1.82, 2.24) is 19.9 Å². The monoisotopic (exact) mass is 398 g/mol. The maximum atomic E-state index is 13.1. The van der Waals surface area contributed by atoms with Crippen LogP contribution in [0, 0.1) is 5.82 Å². The van der Waals surface area contributed by atoms with Gasteiger partial charge in [-0.25, -0.2) is 14.2 Å². The molecule has 29 heavy (non-hydrogen) atoms. The number of likely N-dealkylation sites (tertiary alicyclic amines) is 1. The van der Waals surface area contributed by atoms with Crippen molar-refractivity contribution in [3.05, 3.63) is 86.1 Å². The maximum Gasteiger partial charge on any atom is 0.326 e. The molecule has 0 radical (unpaired) electrons. The predicted molar refractivity (Wildman–Crippen MR) is 101 cm³/mol. The summed E-state index contributed by atoms with van der Waals surface area (Å²) in [6.45, 7) is 0.466. The highest BCUT2D eigenvalue weighted by Gasteiger charge is 2.32. The van der Waals surface area contributed by atoms with Gasteiger partial charge in [-0.05, 0) is 37.0 Å². The van der Waals surface area contributed by atoms with Crippen molar-refractivity contribution in [1.29, 1.82) is 0 Å². The van der Waals surface area contributed by atoms with E-state index < -0.39 is 17.2 Å². The highest BCUT2D eigenvalue weighted by molar-refractivity contribution is 5.92. The van der Waals surface area contributed by atoms with Crippen LogP contribution in [0.1, 0.15) is 53.0 Å². The van der Waals surface area contributed by atoms with Crippen LogP contribution in [0.4, 0.5) is 4.39 Å². The normalized spacial score (nSPS) is 16.7. The Hall–Kier alpha value is -3.49. The van der Waals surface area contributed by atoms with Gasteiger partial charge in [0.25, 0.3) is 11.5 Å². The Bertz CT molecular complexity index is 1100. The number of hydrogen-bond acceptors (Lipinski definition) is 5. The number of hydrogen-bond donors (Lipinski definition) is 2. The molecule has 1 fully saturated rings. The molecule has 2 aromatic heterocycles. The Labute approximate surface area is 164 Å². The number of H-pyrrole nitrogens is 2. The number of oxazole rings is 1. The first kappa shape index (κ1) is 18.9. The van der Waals surface area contributed by atoms with Crippen LogP contribution in [0.25, 0.3) is 0 Å². The zero-order valence-corrected chi connectivity index (χ0v) is 15.5. The van der Waals surface area contributed by atoms with Crippen molar-refractivity contribution in [2.24, 2.45) is 0 Å². The van der Waals surface area contributed by atoms with Crippen LogP contribution in [0.5, 0.6) is 0 Å². The van der Waals surface area contributed by atoms with Gasteiger partial charge < -0.3 is 14.3 Å². The molecule has 9 heteroatoms. The molecular formula is C20H19FN4O4. The lowest BCUT2D eigenvalue weighted by Gasteiger charge is -2.33. The zero-order chi connectivity index (χ0) is 20.4. The maximum absolute atomic E-state index is 13.1. The Morgan fingerprint density at radius 1 is 1.21 bits per heavy atom. The summed E-state index contributed by atoms with van der Waals surface area (Å²) in [6, 6.07) is 6.81. The summed E-state index contributed by atoms with van der Waals surface area (Å²) in [5, 5.41) is 0. The van der Waals surface area contributed by atoms with Gasteiger partial charge in [0.15, 0.2) is 0 Å². The molecule has 3 aromatic rings. The molecule has 1 aliphatic heterocycles. The fraction of sp³-hybridized carbons (Fsp3) is 0.300. The van der Waals surface area contributed by atoms with E-state index in [0.29, 0.717) is 31.0 Å². The SMILES string of the molecule is O=C(c1cc(=O)[nH]c(=O)[nH]1)N1CCCC[C@@H]1c1ncc(Cc2ccc(F)cc2)o1. The van der Waals surface area contributed by atoms with E-state index in [0.717, 1.165) is 24.5 Å². The Morgan fingerprint density at radius 3 is 2.76 bits per heavy atom. The van der Waals surface area contributed by atoms with E-state index in [1.165, 1.54) is 12.1 Å². The standard InChI is InChI=1S/C20H19FN4O4/c21-13-6-4-12(5-7-13)9-14-11-22-18(29-14)16-3-1-2-8-25(16)19(27)15-10-17(26)24-20(28)23-15/h4-7,10-11,16H,1-3,8-9H2,(H2,23,24,26,28)/t16-/m1/s1. The fourth-order valence-electron chi connectivity index (χ4n) is 3.53. The first-order chi connectivity index (χ1) is 14.0. The molecule has 0 unspecified atom stereocenters. The molecule has 1 atom stereocenters. The van der Waals surface area contributed by atoms with Crippen LogP contribution in [0.15, 0.2) is 50.5 Å². The lowest BCUT2D eigenvalue weighted by molar-refractivity contribution is 0.0563. The molecular weight excluding hydrogens is 379 g/mol. The smallest absolute Gasteiger partial charge is 0.326 e. The second-order valence-corrected chi connectivity index (χ2v) is 6.98. The van der Waals surface area contributed by atoms with Crippen LogP contribution in [-0.4, -0.2) is 32.3 Å². The van der Waals surface area contributed by atoms with E-state index in [4.69, 9.17) is 4.42 Å². The van der Waals surface area contributed by atoms with E-state index >= 15 is 0 Å². The van der Waals surface area contributed by atoms with Gasteiger partial charge in [0.05, 0.1) is 6.20 Å². The van der Waals surface area contributed by atoms with E-state index in [2.05, 4.69) is 9.97 Å². The number of amides is 1. The molecule has 0 bridgehead atoms. The Balaban J connectivity index is 1.57. The van der Waals surface area contributed by atoms with Crippen LogP contribution in [0.3, 0.4) is 0 Å².